The lowest BCUT2D eigenvalue weighted by molar-refractivity contribution is 0.123. The largest absolute Gasteiger partial charge is 0.378 e. The zero-order valence-corrected chi connectivity index (χ0v) is 24.3. The molecule has 1 fully saturated rings. The van der Waals surface area contributed by atoms with Gasteiger partial charge in [0.25, 0.3) is 0 Å². The normalized spacial score (nSPS) is 14.0. The van der Waals surface area contributed by atoms with Crippen molar-refractivity contribution in [2.24, 2.45) is 7.05 Å². The first-order valence-electron chi connectivity index (χ1n) is 12.6. The maximum Gasteiger partial charge on any atom is 0.229 e. The number of halogens is 1. The molecule has 1 saturated heterocycles. The summed E-state index contributed by atoms with van der Waals surface area (Å²) in [6.07, 6.45) is 5.47. The third kappa shape index (κ3) is 5.92. The summed E-state index contributed by atoms with van der Waals surface area (Å²) in [6, 6.07) is 13.0. The molecule has 5 rings (SSSR count). The van der Waals surface area contributed by atoms with Crippen LogP contribution in [0.4, 0.5) is 28.8 Å². The predicted molar refractivity (Wildman–Crippen MR) is 157 cm³/mol. The Kier molecular flexibility index (Phi) is 7.87. The minimum atomic E-state index is -3.50. The van der Waals surface area contributed by atoms with Crippen LogP contribution in [-0.4, -0.2) is 59.7 Å². The molecular weight excluding hydrogens is 582 g/mol. The number of nitrogens with one attached hydrogen (secondary N) is 2. The van der Waals surface area contributed by atoms with Crippen molar-refractivity contribution in [1.29, 1.82) is 0 Å². The molecule has 204 valence electrons. The van der Waals surface area contributed by atoms with Gasteiger partial charge in [-0.3, -0.25) is 4.68 Å². The van der Waals surface area contributed by atoms with E-state index < -0.39 is 15.1 Å². The van der Waals surface area contributed by atoms with E-state index in [0.717, 1.165) is 35.6 Å². The highest BCUT2D eigenvalue weighted by Crippen LogP contribution is 2.35. The van der Waals surface area contributed by atoms with Gasteiger partial charge < -0.3 is 20.3 Å². The van der Waals surface area contributed by atoms with E-state index in [1.165, 1.54) is 0 Å². The van der Waals surface area contributed by atoms with Gasteiger partial charge >= 0.3 is 0 Å². The van der Waals surface area contributed by atoms with Gasteiger partial charge in [-0.25, -0.2) is 13.4 Å². The van der Waals surface area contributed by atoms with E-state index in [1.54, 1.807) is 49.0 Å². The number of rotatable bonds is 8. The SMILES string of the molecule is CC(C)S(=O)(=O)c1ccccc1Nc1nc(Nc2ccc(N3CCOCC3)c(-c3cnn(C)c3)c2)ncc1Br. The van der Waals surface area contributed by atoms with Crippen molar-refractivity contribution in [1.82, 2.24) is 19.7 Å². The smallest absolute Gasteiger partial charge is 0.229 e. The first-order valence-corrected chi connectivity index (χ1v) is 14.9. The Hall–Kier alpha value is -3.48. The van der Waals surface area contributed by atoms with E-state index in [1.807, 2.05) is 25.5 Å². The first-order chi connectivity index (χ1) is 18.7. The molecule has 0 bridgehead atoms. The highest BCUT2D eigenvalue weighted by atomic mass is 79.9. The van der Waals surface area contributed by atoms with Gasteiger partial charge in [-0.05, 0) is 60.1 Å². The molecule has 0 amide bonds. The number of hydrogen-bond donors (Lipinski definition) is 2. The van der Waals surface area contributed by atoms with Crippen molar-refractivity contribution in [2.75, 3.05) is 41.8 Å². The molecule has 12 heteroatoms. The Balaban J connectivity index is 1.45. The summed E-state index contributed by atoms with van der Waals surface area (Å²) >= 11 is 3.49. The summed E-state index contributed by atoms with van der Waals surface area (Å²) in [5, 5.41) is 10.3. The number of nitrogens with zero attached hydrogens (tertiary/aromatic N) is 5. The first kappa shape index (κ1) is 27.1. The van der Waals surface area contributed by atoms with Gasteiger partial charge in [-0.1, -0.05) is 12.1 Å². The number of benzene rings is 2. The quantitative estimate of drug-likeness (QED) is 0.279. The number of ether oxygens (including phenoxy) is 1. The van der Waals surface area contributed by atoms with Gasteiger partial charge in [0.15, 0.2) is 9.84 Å². The molecule has 0 unspecified atom stereocenters. The second kappa shape index (κ2) is 11.3. The fraction of sp³-hybridized carbons (Fsp3) is 0.296. The lowest BCUT2D eigenvalue weighted by atomic mass is 10.0. The van der Waals surface area contributed by atoms with Crippen molar-refractivity contribution >= 4 is 54.6 Å². The lowest BCUT2D eigenvalue weighted by Gasteiger charge is -2.30. The molecule has 2 aromatic heterocycles. The molecule has 39 heavy (non-hydrogen) atoms. The zero-order valence-electron chi connectivity index (χ0n) is 21.9. The monoisotopic (exact) mass is 611 g/mol. The molecule has 0 atom stereocenters. The molecule has 3 heterocycles. The number of sulfone groups is 1. The highest BCUT2D eigenvalue weighted by molar-refractivity contribution is 9.10. The average Bonchev–Trinajstić information content (AvgIpc) is 3.37. The summed E-state index contributed by atoms with van der Waals surface area (Å²) in [5.74, 6) is 0.803. The topological polar surface area (TPSA) is 114 Å². The van der Waals surface area contributed by atoms with E-state index in [2.05, 4.69) is 58.7 Å². The summed E-state index contributed by atoms with van der Waals surface area (Å²) < 4.78 is 33.8. The fourth-order valence-corrected chi connectivity index (χ4v) is 5.82. The van der Waals surface area contributed by atoms with Crippen LogP contribution in [0.15, 0.2) is 70.4 Å². The van der Waals surface area contributed by atoms with E-state index >= 15 is 0 Å². The summed E-state index contributed by atoms with van der Waals surface area (Å²) in [5.41, 5.74) is 4.41. The van der Waals surface area contributed by atoms with Crippen LogP contribution in [-0.2, 0) is 21.6 Å². The Morgan fingerprint density at radius 2 is 1.82 bits per heavy atom. The lowest BCUT2D eigenvalue weighted by Crippen LogP contribution is -2.36. The minimum absolute atomic E-state index is 0.222. The Morgan fingerprint density at radius 1 is 1.05 bits per heavy atom. The molecule has 1 aliphatic rings. The van der Waals surface area contributed by atoms with Crippen molar-refractivity contribution in [2.45, 2.75) is 24.0 Å². The minimum Gasteiger partial charge on any atom is -0.378 e. The Labute approximate surface area is 236 Å². The van der Waals surface area contributed by atoms with Crippen molar-refractivity contribution in [3.63, 3.8) is 0 Å². The van der Waals surface area contributed by atoms with Crippen LogP contribution in [0.3, 0.4) is 0 Å². The van der Waals surface area contributed by atoms with Gasteiger partial charge in [0.1, 0.15) is 5.82 Å². The van der Waals surface area contributed by atoms with Crippen molar-refractivity contribution in [3.8, 4) is 11.1 Å². The van der Waals surface area contributed by atoms with Crippen molar-refractivity contribution in [3.05, 3.63) is 65.5 Å². The van der Waals surface area contributed by atoms with E-state index in [0.29, 0.717) is 35.1 Å². The summed E-state index contributed by atoms with van der Waals surface area (Å²) in [6.45, 7) is 6.35. The van der Waals surface area contributed by atoms with Gasteiger partial charge in [0.2, 0.25) is 5.95 Å². The Morgan fingerprint density at radius 3 is 2.54 bits per heavy atom. The molecule has 4 aromatic rings. The molecule has 10 nitrogen and oxygen atoms in total. The van der Waals surface area contributed by atoms with Crippen LogP contribution < -0.4 is 15.5 Å². The fourth-order valence-electron chi connectivity index (χ4n) is 4.33. The number of anilines is 5. The van der Waals surface area contributed by atoms with Crippen LogP contribution in [0.1, 0.15) is 13.8 Å². The molecule has 0 saturated carbocycles. The summed E-state index contributed by atoms with van der Waals surface area (Å²) in [4.78, 5) is 11.6. The number of aryl methyl sites for hydroxylation is 1. The predicted octanol–water partition coefficient (Wildman–Crippen LogP) is 5.15. The van der Waals surface area contributed by atoms with Crippen LogP contribution in [0.5, 0.6) is 0 Å². The zero-order chi connectivity index (χ0) is 27.6. The van der Waals surface area contributed by atoms with Crippen LogP contribution >= 0.6 is 15.9 Å². The van der Waals surface area contributed by atoms with Gasteiger partial charge in [0.05, 0.1) is 39.7 Å². The second-order valence-corrected chi connectivity index (χ2v) is 12.8. The van der Waals surface area contributed by atoms with E-state index in [4.69, 9.17) is 4.74 Å². The van der Waals surface area contributed by atoms with E-state index in [9.17, 15) is 8.42 Å². The molecule has 2 N–H and O–H groups in total. The van der Waals surface area contributed by atoms with E-state index in [-0.39, 0.29) is 4.90 Å². The number of morpholine rings is 1. The third-order valence-corrected chi connectivity index (χ3v) is 9.22. The number of aromatic nitrogens is 4. The van der Waals surface area contributed by atoms with Crippen LogP contribution in [0, 0.1) is 0 Å². The molecular formula is C27H30BrN7O3S. The van der Waals surface area contributed by atoms with Gasteiger partial charge in [-0.2, -0.15) is 10.1 Å². The number of hydrogen-bond acceptors (Lipinski definition) is 9. The highest BCUT2D eigenvalue weighted by Gasteiger charge is 2.23. The average molecular weight is 613 g/mol. The standard InChI is InChI=1S/C27H30BrN7O3S/c1-18(2)39(36,37)25-7-5-4-6-23(25)32-26-22(28)16-29-27(33-26)31-20-8-9-24(35-10-12-38-13-11-35)21(14-20)19-15-30-34(3)17-19/h4-9,14-18H,10-13H2,1-3H3,(H2,29,31,32,33). The van der Waals surface area contributed by atoms with Gasteiger partial charge in [0, 0.05) is 55.0 Å². The number of para-hydroxylation sites is 1. The van der Waals surface area contributed by atoms with Crippen LogP contribution in [0.25, 0.3) is 11.1 Å². The molecule has 2 aromatic carbocycles. The third-order valence-electron chi connectivity index (χ3n) is 6.43. The maximum atomic E-state index is 12.9. The molecule has 1 aliphatic heterocycles. The van der Waals surface area contributed by atoms with Gasteiger partial charge in [-0.15, -0.1) is 0 Å². The molecule has 0 radical (unpaired) electrons. The Bertz CT molecular complexity index is 1580. The van der Waals surface area contributed by atoms with Crippen molar-refractivity contribution < 1.29 is 13.2 Å². The summed E-state index contributed by atoms with van der Waals surface area (Å²) in [7, 11) is -1.60. The maximum absolute atomic E-state index is 12.9. The van der Waals surface area contributed by atoms with Crippen LogP contribution in [0.2, 0.25) is 0 Å². The molecule has 0 spiro atoms. The molecule has 0 aliphatic carbocycles. The second-order valence-electron chi connectivity index (χ2n) is 9.46.